The highest BCUT2D eigenvalue weighted by Crippen LogP contribution is 2.29. The molecule has 100 valence electrons. The van der Waals surface area contributed by atoms with Crippen LogP contribution in [0.2, 0.25) is 0 Å². The van der Waals surface area contributed by atoms with Crippen molar-refractivity contribution in [2.24, 2.45) is 0 Å². The van der Waals surface area contributed by atoms with E-state index >= 15 is 0 Å². The van der Waals surface area contributed by atoms with Gasteiger partial charge in [-0.05, 0) is 12.1 Å². The van der Waals surface area contributed by atoms with Gasteiger partial charge in [0.2, 0.25) is 5.91 Å². The predicted molar refractivity (Wildman–Crippen MR) is 72.4 cm³/mol. The number of nitrogens with one attached hydrogen (secondary N) is 1. The SMILES string of the molecule is CC(=O)Nc1cccc2c(S(=O)(=O)OCl)cccc12. The van der Waals surface area contributed by atoms with Gasteiger partial charge in [-0.25, -0.2) is 0 Å². The van der Waals surface area contributed by atoms with E-state index in [9.17, 15) is 13.2 Å². The lowest BCUT2D eigenvalue weighted by atomic mass is 10.1. The molecule has 2 aromatic carbocycles. The average Bonchev–Trinajstić information content (AvgIpc) is 2.38. The topological polar surface area (TPSA) is 72.5 Å². The van der Waals surface area contributed by atoms with Gasteiger partial charge in [0.05, 0.1) is 11.9 Å². The smallest absolute Gasteiger partial charge is 0.313 e. The maximum atomic E-state index is 11.7. The van der Waals surface area contributed by atoms with Crippen LogP contribution in [0, 0.1) is 0 Å². The Kier molecular flexibility index (Phi) is 3.75. The summed E-state index contributed by atoms with van der Waals surface area (Å²) in [7, 11) is -4.02. The lowest BCUT2D eigenvalue weighted by Gasteiger charge is -2.09. The Morgan fingerprint density at radius 2 is 1.79 bits per heavy atom. The minimum absolute atomic E-state index is 0.0489. The molecule has 2 aromatic rings. The van der Waals surface area contributed by atoms with E-state index in [4.69, 9.17) is 11.9 Å². The Morgan fingerprint density at radius 1 is 1.16 bits per heavy atom. The summed E-state index contributed by atoms with van der Waals surface area (Å²) in [6.45, 7) is 1.38. The molecule has 7 heteroatoms. The molecule has 0 aliphatic rings. The molecule has 0 atom stereocenters. The van der Waals surface area contributed by atoms with Crippen molar-refractivity contribution in [2.45, 2.75) is 11.8 Å². The highest BCUT2D eigenvalue weighted by molar-refractivity contribution is 7.87. The number of fused-ring (bicyclic) bond motifs is 1. The molecule has 19 heavy (non-hydrogen) atoms. The maximum Gasteiger partial charge on any atom is 0.313 e. The van der Waals surface area contributed by atoms with E-state index in [1.165, 1.54) is 13.0 Å². The maximum absolute atomic E-state index is 11.7. The van der Waals surface area contributed by atoms with E-state index in [1.54, 1.807) is 30.3 Å². The van der Waals surface area contributed by atoms with Gasteiger partial charge in [0.1, 0.15) is 4.90 Å². The second kappa shape index (κ2) is 5.16. The molecule has 0 fully saturated rings. The van der Waals surface area contributed by atoms with Crippen molar-refractivity contribution in [2.75, 3.05) is 5.32 Å². The van der Waals surface area contributed by atoms with Crippen LogP contribution in [0.15, 0.2) is 41.3 Å². The first-order valence-corrected chi connectivity index (χ1v) is 7.02. The molecule has 1 amide bonds. The second-order valence-corrected chi connectivity index (χ2v) is 5.71. The van der Waals surface area contributed by atoms with Crippen LogP contribution in [-0.2, 0) is 18.6 Å². The van der Waals surface area contributed by atoms with Gasteiger partial charge in [0, 0.05) is 23.4 Å². The standard InChI is InChI=1S/C12H10ClNO4S/c1-8(15)14-11-6-2-5-10-9(11)4-3-7-12(10)19(16,17)18-13/h2-7H,1H3,(H,14,15). The van der Waals surface area contributed by atoms with Crippen molar-refractivity contribution >= 4 is 44.4 Å². The van der Waals surface area contributed by atoms with Gasteiger partial charge < -0.3 is 5.32 Å². The normalized spacial score (nSPS) is 11.5. The van der Waals surface area contributed by atoms with E-state index in [0.29, 0.717) is 16.5 Å². The van der Waals surface area contributed by atoms with Crippen LogP contribution in [0.25, 0.3) is 10.8 Å². The molecule has 0 unspecified atom stereocenters. The molecule has 0 saturated heterocycles. The number of rotatable bonds is 3. The summed E-state index contributed by atoms with van der Waals surface area (Å²) in [6, 6.07) is 9.58. The summed E-state index contributed by atoms with van der Waals surface area (Å²) in [4.78, 5) is 11.1. The molecule has 1 N–H and O–H groups in total. The molecule has 0 saturated carbocycles. The molecule has 2 rings (SSSR count). The number of carbonyl (C=O) groups excluding carboxylic acids is 1. The summed E-state index contributed by atoms with van der Waals surface area (Å²) >= 11 is 4.99. The van der Waals surface area contributed by atoms with Gasteiger partial charge in [-0.1, -0.05) is 24.3 Å². The molecule has 5 nitrogen and oxygen atoms in total. The molecular weight excluding hydrogens is 290 g/mol. The van der Waals surface area contributed by atoms with Gasteiger partial charge in [-0.3, -0.25) is 4.79 Å². The Hall–Kier alpha value is -1.63. The van der Waals surface area contributed by atoms with Crippen molar-refractivity contribution in [3.63, 3.8) is 0 Å². The lowest BCUT2D eigenvalue weighted by Crippen LogP contribution is -2.07. The van der Waals surface area contributed by atoms with Gasteiger partial charge in [0.25, 0.3) is 0 Å². The Labute approximate surface area is 115 Å². The fraction of sp³-hybridized carbons (Fsp3) is 0.0833. The molecule has 0 aromatic heterocycles. The van der Waals surface area contributed by atoms with Crippen molar-refractivity contribution in [1.29, 1.82) is 0 Å². The molecule has 0 heterocycles. The minimum Gasteiger partial charge on any atom is -0.326 e. The van der Waals surface area contributed by atoms with Crippen LogP contribution in [0.4, 0.5) is 5.69 Å². The zero-order chi connectivity index (χ0) is 14.0. The van der Waals surface area contributed by atoms with E-state index < -0.39 is 10.1 Å². The van der Waals surface area contributed by atoms with Crippen LogP contribution in [0.5, 0.6) is 0 Å². The molecule has 0 bridgehead atoms. The number of amides is 1. The Morgan fingerprint density at radius 3 is 2.42 bits per heavy atom. The predicted octanol–water partition coefficient (Wildman–Crippen LogP) is 2.66. The highest BCUT2D eigenvalue weighted by Gasteiger charge is 2.18. The van der Waals surface area contributed by atoms with Crippen molar-refractivity contribution in [3.05, 3.63) is 36.4 Å². The third kappa shape index (κ3) is 2.70. The summed E-state index contributed by atoms with van der Waals surface area (Å²) < 4.78 is 27.4. The summed E-state index contributed by atoms with van der Waals surface area (Å²) in [5.74, 6) is -0.241. The van der Waals surface area contributed by atoms with Gasteiger partial charge in [-0.2, -0.15) is 12.2 Å². The van der Waals surface area contributed by atoms with Gasteiger partial charge in [-0.15, -0.1) is 0 Å². The van der Waals surface area contributed by atoms with Crippen LogP contribution >= 0.6 is 11.9 Å². The lowest BCUT2D eigenvalue weighted by molar-refractivity contribution is -0.114. The minimum atomic E-state index is -4.02. The number of hydrogen-bond donors (Lipinski definition) is 1. The number of carbonyl (C=O) groups is 1. The van der Waals surface area contributed by atoms with Gasteiger partial charge >= 0.3 is 10.1 Å². The highest BCUT2D eigenvalue weighted by atomic mass is 35.5. The third-order valence-electron chi connectivity index (χ3n) is 2.55. The fourth-order valence-corrected chi connectivity index (χ4v) is 2.80. The third-order valence-corrected chi connectivity index (χ3v) is 4.10. The van der Waals surface area contributed by atoms with E-state index in [0.717, 1.165) is 0 Å². The fourth-order valence-electron chi connectivity index (χ4n) is 1.83. The van der Waals surface area contributed by atoms with Crippen molar-refractivity contribution < 1.29 is 16.9 Å². The zero-order valence-electron chi connectivity index (χ0n) is 9.88. The molecular formula is C12H10ClNO4S. The Bertz CT molecular complexity index is 742. The van der Waals surface area contributed by atoms with E-state index in [2.05, 4.69) is 9.05 Å². The quantitative estimate of drug-likeness (QED) is 0.945. The van der Waals surface area contributed by atoms with Crippen LogP contribution < -0.4 is 5.32 Å². The van der Waals surface area contributed by atoms with Gasteiger partial charge in [0.15, 0.2) is 0 Å². The second-order valence-electron chi connectivity index (χ2n) is 3.86. The summed E-state index contributed by atoms with van der Waals surface area (Å²) in [6.07, 6.45) is 0. The number of hydrogen-bond acceptors (Lipinski definition) is 4. The molecule has 0 radical (unpaired) electrons. The Balaban J connectivity index is 2.75. The zero-order valence-corrected chi connectivity index (χ0v) is 11.5. The first kappa shape index (κ1) is 13.8. The molecule has 0 spiro atoms. The van der Waals surface area contributed by atoms with E-state index in [-0.39, 0.29) is 10.8 Å². The van der Waals surface area contributed by atoms with E-state index in [1.807, 2.05) is 0 Å². The van der Waals surface area contributed by atoms with Crippen LogP contribution in [0.1, 0.15) is 6.92 Å². The van der Waals surface area contributed by atoms with Crippen LogP contribution in [-0.4, -0.2) is 14.3 Å². The number of anilines is 1. The van der Waals surface area contributed by atoms with Crippen molar-refractivity contribution in [3.8, 4) is 0 Å². The van der Waals surface area contributed by atoms with Crippen LogP contribution in [0.3, 0.4) is 0 Å². The first-order valence-electron chi connectivity index (χ1n) is 5.30. The average molecular weight is 300 g/mol. The molecule has 0 aliphatic heterocycles. The molecule has 0 aliphatic carbocycles. The monoisotopic (exact) mass is 299 g/mol. The summed E-state index contributed by atoms with van der Waals surface area (Å²) in [5.41, 5.74) is 0.525. The first-order chi connectivity index (χ1) is 8.95. The van der Waals surface area contributed by atoms with Crippen molar-refractivity contribution in [1.82, 2.24) is 0 Å². The summed E-state index contributed by atoms with van der Waals surface area (Å²) in [5, 5.41) is 3.65. The number of halogens is 1. The number of benzene rings is 2. The largest absolute Gasteiger partial charge is 0.326 e.